The Morgan fingerprint density at radius 3 is 2.78 bits per heavy atom. The third-order valence-electron chi connectivity index (χ3n) is 3.41. The Balaban J connectivity index is 2.03. The highest BCUT2D eigenvalue weighted by molar-refractivity contribution is 5.92. The molecule has 0 aliphatic rings. The first-order valence-electron chi connectivity index (χ1n) is 7.08. The van der Waals surface area contributed by atoms with Crippen LogP contribution in [0.1, 0.15) is 19.9 Å². The van der Waals surface area contributed by atoms with Crippen molar-refractivity contribution in [3.63, 3.8) is 0 Å². The molecule has 0 fully saturated rings. The lowest BCUT2D eigenvalue weighted by Crippen LogP contribution is -2.38. The molecule has 2 heterocycles. The number of benzene rings is 1. The van der Waals surface area contributed by atoms with E-state index in [9.17, 15) is 9.59 Å². The minimum absolute atomic E-state index is 0.175. The van der Waals surface area contributed by atoms with Crippen LogP contribution in [0.15, 0.2) is 35.4 Å². The van der Waals surface area contributed by atoms with Crippen LogP contribution in [0.4, 0.5) is 5.95 Å². The summed E-state index contributed by atoms with van der Waals surface area (Å²) in [5, 5.41) is 17.2. The number of nitrogens with one attached hydrogen (secondary N) is 2. The number of carbonyl (C=O) groups is 1. The number of rotatable bonds is 4. The number of hydrogen-bond donors (Lipinski definition) is 2. The maximum absolute atomic E-state index is 12.6. The SMILES string of the molecule is CC(C)[C@H](C(=O)Nc1ncn[nH]1)n1nnc2ccccc2c1=O. The zero-order valence-electron chi connectivity index (χ0n) is 12.6. The van der Waals surface area contributed by atoms with Crippen LogP contribution < -0.4 is 10.9 Å². The quantitative estimate of drug-likeness (QED) is 0.733. The topological polar surface area (TPSA) is 118 Å². The largest absolute Gasteiger partial charge is 0.293 e. The fourth-order valence-corrected chi connectivity index (χ4v) is 2.34. The van der Waals surface area contributed by atoms with Gasteiger partial charge in [-0.15, -0.1) is 5.10 Å². The summed E-state index contributed by atoms with van der Waals surface area (Å²) in [5.41, 5.74) is 0.133. The van der Waals surface area contributed by atoms with Crippen LogP contribution in [0.25, 0.3) is 10.9 Å². The Labute approximate surface area is 130 Å². The van der Waals surface area contributed by atoms with Crippen LogP contribution in [-0.4, -0.2) is 36.1 Å². The number of fused-ring (bicyclic) bond motifs is 1. The highest BCUT2D eigenvalue weighted by Gasteiger charge is 2.28. The van der Waals surface area contributed by atoms with E-state index >= 15 is 0 Å². The van der Waals surface area contributed by atoms with Gasteiger partial charge in [-0.25, -0.2) is 5.10 Å². The van der Waals surface area contributed by atoms with Crippen LogP contribution in [0.2, 0.25) is 0 Å². The summed E-state index contributed by atoms with van der Waals surface area (Å²) in [6.45, 7) is 3.65. The molecule has 2 N–H and O–H groups in total. The van der Waals surface area contributed by atoms with Crippen molar-refractivity contribution in [2.75, 3.05) is 5.32 Å². The minimum Gasteiger partial charge on any atom is -0.293 e. The van der Waals surface area contributed by atoms with Crippen molar-refractivity contribution in [1.29, 1.82) is 0 Å². The molecule has 9 nitrogen and oxygen atoms in total. The average Bonchev–Trinajstić information content (AvgIpc) is 3.02. The van der Waals surface area contributed by atoms with Crippen molar-refractivity contribution in [1.82, 2.24) is 30.2 Å². The summed E-state index contributed by atoms with van der Waals surface area (Å²) in [6.07, 6.45) is 1.28. The number of aromatic nitrogens is 6. The van der Waals surface area contributed by atoms with Crippen LogP contribution in [0, 0.1) is 5.92 Å². The van der Waals surface area contributed by atoms with E-state index in [4.69, 9.17) is 0 Å². The maximum Gasteiger partial charge on any atom is 0.278 e. The van der Waals surface area contributed by atoms with Gasteiger partial charge in [0.2, 0.25) is 5.95 Å². The first-order chi connectivity index (χ1) is 11.1. The molecule has 2 aromatic heterocycles. The van der Waals surface area contributed by atoms with E-state index in [0.29, 0.717) is 10.9 Å². The van der Waals surface area contributed by atoms with Crippen molar-refractivity contribution in [3.8, 4) is 0 Å². The van der Waals surface area contributed by atoms with Gasteiger partial charge < -0.3 is 0 Å². The number of carbonyl (C=O) groups excluding carboxylic acids is 1. The fourth-order valence-electron chi connectivity index (χ4n) is 2.34. The molecule has 0 spiro atoms. The highest BCUT2D eigenvalue weighted by atomic mass is 16.2. The van der Waals surface area contributed by atoms with Gasteiger partial charge in [-0.1, -0.05) is 31.2 Å². The molecule has 118 valence electrons. The second-order valence-corrected chi connectivity index (χ2v) is 5.37. The lowest BCUT2D eigenvalue weighted by Gasteiger charge is -2.20. The maximum atomic E-state index is 12.6. The molecular formula is C14H15N7O2. The third-order valence-corrected chi connectivity index (χ3v) is 3.41. The predicted octanol–water partition coefficient (Wildman–Crippen LogP) is 0.745. The van der Waals surface area contributed by atoms with E-state index in [1.807, 2.05) is 13.8 Å². The molecule has 0 aliphatic carbocycles. The van der Waals surface area contributed by atoms with Gasteiger partial charge in [0.05, 0.1) is 5.39 Å². The van der Waals surface area contributed by atoms with Gasteiger partial charge in [0.15, 0.2) is 0 Å². The minimum atomic E-state index is -0.815. The first-order valence-corrected chi connectivity index (χ1v) is 7.08. The fraction of sp³-hybridized carbons (Fsp3) is 0.286. The number of H-pyrrole nitrogens is 1. The summed E-state index contributed by atoms with van der Waals surface area (Å²) in [4.78, 5) is 29.0. The Hall–Kier alpha value is -3.10. The van der Waals surface area contributed by atoms with Gasteiger partial charge in [0.1, 0.15) is 17.9 Å². The summed E-state index contributed by atoms with van der Waals surface area (Å²) in [5.74, 6) is -0.378. The first kappa shape index (κ1) is 14.8. The summed E-state index contributed by atoms with van der Waals surface area (Å²) < 4.78 is 1.11. The van der Waals surface area contributed by atoms with E-state index in [-0.39, 0.29) is 17.4 Å². The van der Waals surface area contributed by atoms with Crippen molar-refractivity contribution in [2.24, 2.45) is 5.92 Å². The van der Waals surface area contributed by atoms with Crippen molar-refractivity contribution < 1.29 is 4.79 Å². The zero-order valence-corrected chi connectivity index (χ0v) is 12.6. The molecular weight excluding hydrogens is 298 g/mol. The third kappa shape index (κ3) is 2.80. The van der Waals surface area contributed by atoms with Crippen LogP contribution in [0.3, 0.4) is 0 Å². The summed E-state index contributed by atoms with van der Waals surface area (Å²) >= 11 is 0. The molecule has 0 saturated heterocycles. The smallest absolute Gasteiger partial charge is 0.278 e. The van der Waals surface area contributed by atoms with E-state index in [2.05, 4.69) is 30.8 Å². The van der Waals surface area contributed by atoms with Gasteiger partial charge in [0, 0.05) is 0 Å². The van der Waals surface area contributed by atoms with E-state index in [1.54, 1.807) is 24.3 Å². The molecule has 23 heavy (non-hydrogen) atoms. The second-order valence-electron chi connectivity index (χ2n) is 5.37. The molecule has 9 heteroatoms. The van der Waals surface area contributed by atoms with Crippen LogP contribution >= 0.6 is 0 Å². The Morgan fingerprint density at radius 2 is 2.09 bits per heavy atom. The van der Waals surface area contributed by atoms with E-state index < -0.39 is 11.9 Å². The lowest BCUT2D eigenvalue weighted by molar-refractivity contribution is -0.120. The number of hydrogen-bond acceptors (Lipinski definition) is 6. The van der Waals surface area contributed by atoms with Crippen molar-refractivity contribution in [2.45, 2.75) is 19.9 Å². The number of anilines is 1. The molecule has 1 aromatic carbocycles. The molecule has 0 unspecified atom stereocenters. The van der Waals surface area contributed by atoms with Crippen molar-refractivity contribution in [3.05, 3.63) is 40.9 Å². The van der Waals surface area contributed by atoms with Gasteiger partial charge >= 0.3 is 0 Å². The van der Waals surface area contributed by atoms with Gasteiger partial charge in [-0.05, 0) is 18.1 Å². The normalized spacial score (nSPS) is 12.5. The standard InChI is InChI=1S/C14H15N7O2/c1-8(2)11(12(22)17-14-15-7-16-19-14)21-13(23)9-5-3-4-6-10(9)18-20-21/h3-8,11H,1-2H3,(H2,15,16,17,19,22)/t11-/m1/s1. The summed E-state index contributed by atoms with van der Waals surface area (Å²) in [7, 11) is 0. The number of nitrogens with zero attached hydrogens (tertiary/aromatic N) is 5. The highest BCUT2D eigenvalue weighted by Crippen LogP contribution is 2.17. The Kier molecular flexibility index (Phi) is 3.83. The molecule has 0 bridgehead atoms. The zero-order chi connectivity index (χ0) is 16.4. The second kappa shape index (κ2) is 5.95. The van der Waals surface area contributed by atoms with Crippen LogP contribution in [0.5, 0.6) is 0 Å². The lowest BCUT2D eigenvalue weighted by atomic mass is 10.0. The molecule has 3 rings (SSSR count). The monoisotopic (exact) mass is 313 g/mol. The van der Waals surface area contributed by atoms with Gasteiger partial charge in [-0.2, -0.15) is 14.8 Å². The number of aromatic amines is 1. The Morgan fingerprint density at radius 1 is 1.30 bits per heavy atom. The van der Waals surface area contributed by atoms with Gasteiger partial charge in [0.25, 0.3) is 11.5 Å². The van der Waals surface area contributed by atoms with Crippen molar-refractivity contribution >= 4 is 22.8 Å². The molecule has 0 saturated carbocycles. The van der Waals surface area contributed by atoms with Gasteiger partial charge in [-0.3, -0.25) is 14.9 Å². The molecule has 0 aliphatic heterocycles. The average molecular weight is 313 g/mol. The number of amides is 1. The van der Waals surface area contributed by atoms with Crippen LogP contribution in [-0.2, 0) is 4.79 Å². The van der Waals surface area contributed by atoms with E-state index in [1.165, 1.54) is 6.33 Å². The molecule has 0 radical (unpaired) electrons. The predicted molar refractivity (Wildman–Crippen MR) is 82.7 cm³/mol. The molecule has 1 amide bonds. The van der Waals surface area contributed by atoms with E-state index in [0.717, 1.165) is 4.68 Å². The summed E-state index contributed by atoms with van der Waals surface area (Å²) in [6, 6.07) is 6.07. The molecule has 3 aromatic rings. The molecule has 1 atom stereocenters. The Bertz CT molecular complexity index is 886.